The van der Waals surface area contributed by atoms with Gasteiger partial charge >= 0.3 is 5.69 Å². The summed E-state index contributed by atoms with van der Waals surface area (Å²) < 4.78 is 0. The van der Waals surface area contributed by atoms with Crippen molar-refractivity contribution in [3.8, 4) is 0 Å². The number of likely N-dealkylation sites (N-methyl/N-ethyl adjacent to an activating group) is 1. The molecule has 1 N–H and O–H groups in total. The predicted octanol–water partition coefficient (Wildman–Crippen LogP) is 1.79. The number of halogens is 1. The number of nitrogens with one attached hydrogen (secondary N) is 1. The van der Waals surface area contributed by atoms with Crippen LogP contribution in [0, 0.1) is 10.1 Å². The van der Waals surface area contributed by atoms with Crippen LogP contribution in [0.4, 0.5) is 11.5 Å². The highest BCUT2D eigenvalue weighted by Crippen LogP contribution is 2.21. The third kappa shape index (κ3) is 4.08. The van der Waals surface area contributed by atoms with Gasteiger partial charge in [-0.3, -0.25) is 10.1 Å². The number of rotatable bonds is 6. The third-order valence-corrected chi connectivity index (χ3v) is 2.76. The van der Waals surface area contributed by atoms with E-state index in [0.717, 1.165) is 12.7 Å². The minimum atomic E-state index is -0.537. The Morgan fingerprint density at radius 3 is 2.83 bits per heavy atom. The van der Waals surface area contributed by atoms with Gasteiger partial charge in [-0.05, 0) is 32.5 Å². The number of aromatic nitrogens is 2. The molecule has 0 radical (unpaired) electrons. The summed E-state index contributed by atoms with van der Waals surface area (Å²) in [5, 5.41) is 13.7. The summed E-state index contributed by atoms with van der Waals surface area (Å²) in [4.78, 5) is 19.8. The van der Waals surface area contributed by atoms with Gasteiger partial charge in [0.25, 0.3) is 0 Å². The van der Waals surface area contributed by atoms with Crippen molar-refractivity contribution in [1.29, 1.82) is 0 Å². The molecule has 0 aromatic carbocycles. The normalized spacial score (nSPS) is 11.0. The van der Waals surface area contributed by atoms with Crippen LogP contribution in [-0.2, 0) is 0 Å². The minimum Gasteiger partial charge on any atom is -0.363 e. The second-order valence-electron chi connectivity index (χ2n) is 4.13. The lowest BCUT2D eigenvalue weighted by atomic mass is 10.3. The molecule has 0 saturated heterocycles. The summed E-state index contributed by atoms with van der Waals surface area (Å²) >= 11 is 5.62. The number of nitrogens with zero attached hydrogens (tertiary/aromatic N) is 4. The van der Waals surface area contributed by atoms with E-state index in [-0.39, 0.29) is 16.8 Å². The van der Waals surface area contributed by atoms with Crippen LogP contribution in [0.25, 0.3) is 0 Å². The fourth-order valence-corrected chi connectivity index (χ4v) is 1.36. The molecule has 0 unspecified atom stereocenters. The molecule has 1 heterocycles. The van der Waals surface area contributed by atoms with Gasteiger partial charge in [0, 0.05) is 19.1 Å². The van der Waals surface area contributed by atoms with Gasteiger partial charge in [-0.25, -0.2) is 4.98 Å². The standard InChI is InChI=1S/C10H16ClN5O2/c1-7(2)15(3)5-4-12-9-8(16(17)18)6-13-10(11)14-9/h6-7H,4-5H2,1-3H3,(H,12,13,14). The Labute approximate surface area is 110 Å². The molecule has 0 aliphatic rings. The molecule has 8 heteroatoms. The monoisotopic (exact) mass is 273 g/mol. The first-order valence-electron chi connectivity index (χ1n) is 5.53. The van der Waals surface area contributed by atoms with E-state index in [4.69, 9.17) is 11.6 Å². The molecule has 1 aromatic rings. The van der Waals surface area contributed by atoms with Crippen LogP contribution in [0.15, 0.2) is 6.20 Å². The summed E-state index contributed by atoms with van der Waals surface area (Å²) in [6, 6.07) is 0.413. The Morgan fingerprint density at radius 2 is 2.28 bits per heavy atom. The highest BCUT2D eigenvalue weighted by Gasteiger charge is 2.16. The maximum Gasteiger partial charge on any atom is 0.329 e. The predicted molar refractivity (Wildman–Crippen MR) is 70.0 cm³/mol. The first-order valence-corrected chi connectivity index (χ1v) is 5.90. The van der Waals surface area contributed by atoms with Crippen molar-refractivity contribution >= 4 is 23.1 Å². The van der Waals surface area contributed by atoms with E-state index in [1.54, 1.807) is 0 Å². The van der Waals surface area contributed by atoms with Gasteiger partial charge in [0.1, 0.15) is 6.20 Å². The largest absolute Gasteiger partial charge is 0.363 e. The van der Waals surface area contributed by atoms with Crippen LogP contribution in [-0.4, -0.2) is 46.0 Å². The van der Waals surface area contributed by atoms with E-state index in [0.29, 0.717) is 12.6 Å². The lowest BCUT2D eigenvalue weighted by Gasteiger charge is -2.20. The zero-order valence-corrected chi connectivity index (χ0v) is 11.3. The Bertz CT molecular complexity index is 427. The molecule has 100 valence electrons. The zero-order chi connectivity index (χ0) is 13.7. The molecule has 0 atom stereocenters. The smallest absolute Gasteiger partial charge is 0.329 e. The SMILES string of the molecule is CC(C)N(C)CCNc1nc(Cl)ncc1[N+](=O)[O-]. The second kappa shape index (κ2) is 6.46. The molecule has 0 bridgehead atoms. The fourth-order valence-electron chi connectivity index (χ4n) is 1.23. The van der Waals surface area contributed by atoms with E-state index >= 15 is 0 Å². The van der Waals surface area contributed by atoms with Crippen LogP contribution in [0.3, 0.4) is 0 Å². The molecule has 1 aromatic heterocycles. The first kappa shape index (κ1) is 14.6. The van der Waals surface area contributed by atoms with Gasteiger partial charge in [-0.2, -0.15) is 4.98 Å². The van der Waals surface area contributed by atoms with Crippen LogP contribution in [0.5, 0.6) is 0 Å². The van der Waals surface area contributed by atoms with Gasteiger partial charge in [0.05, 0.1) is 4.92 Å². The van der Waals surface area contributed by atoms with Crippen molar-refractivity contribution in [3.05, 3.63) is 21.6 Å². The highest BCUT2D eigenvalue weighted by molar-refractivity contribution is 6.28. The lowest BCUT2D eigenvalue weighted by molar-refractivity contribution is -0.384. The molecule has 7 nitrogen and oxygen atoms in total. The van der Waals surface area contributed by atoms with E-state index in [1.807, 2.05) is 7.05 Å². The Morgan fingerprint density at radius 1 is 1.61 bits per heavy atom. The summed E-state index contributed by atoms with van der Waals surface area (Å²) in [7, 11) is 1.98. The molecule has 0 aliphatic carbocycles. The molecule has 0 aliphatic heterocycles. The van der Waals surface area contributed by atoms with Crippen molar-refractivity contribution in [2.24, 2.45) is 0 Å². The van der Waals surface area contributed by atoms with Crippen molar-refractivity contribution in [3.63, 3.8) is 0 Å². The Hall–Kier alpha value is -1.47. The van der Waals surface area contributed by atoms with Crippen molar-refractivity contribution < 1.29 is 4.92 Å². The van der Waals surface area contributed by atoms with Crippen molar-refractivity contribution in [2.45, 2.75) is 19.9 Å². The van der Waals surface area contributed by atoms with Gasteiger partial charge in [0.2, 0.25) is 11.1 Å². The zero-order valence-electron chi connectivity index (χ0n) is 10.6. The maximum atomic E-state index is 10.8. The van der Waals surface area contributed by atoms with Gasteiger partial charge < -0.3 is 10.2 Å². The van der Waals surface area contributed by atoms with E-state index in [1.165, 1.54) is 0 Å². The summed E-state index contributed by atoms with van der Waals surface area (Å²) in [5.74, 6) is 0.150. The molecule has 0 amide bonds. The van der Waals surface area contributed by atoms with Gasteiger partial charge in [-0.15, -0.1) is 0 Å². The number of nitro groups is 1. The number of hydrogen-bond donors (Lipinski definition) is 1. The lowest BCUT2D eigenvalue weighted by Crippen LogP contribution is -2.31. The van der Waals surface area contributed by atoms with Crippen LogP contribution >= 0.6 is 11.6 Å². The topological polar surface area (TPSA) is 84.2 Å². The molecule has 0 fully saturated rings. The average molecular weight is 274 g/mol. The molecule has 18 heavy (non-hydrogen) atoms. The maximum absolute atomic E-state index is 10.8. The van der Waals surface area contributed by atoms with E-state index in [9.17, 15) is 10.1 Å². The van der Waals surface area contributed by atoms with Gasteiger partial charge in [0.15, 0.2) is 0 Å². The van der Waals surface area contributed by atoms with Crippen LogP contribution < -0.4 is 5.32 Å². The van der Waals surface area contributed by atoms with Gasteiger partial charge in [-0.1, -0.05) is 0 Å². The number of anilines is 1. The Kier molecular flexibility index (Phi) is 5.24. The fraction of sp³-hybridized carbons (Fsp3) is 0.600. The van der Waals surface area contributed by atoms with Crippen LogP contribution in [0.1, 0.15) is 13.8 Å². The first-order chi connectivity index (χ1) is 8.41. The van der Waals surface area contributed by atoms with E-state index in [2.05, 4.69) is 34.0 Å². The molecule has 0 saturated carbocycles. The Balaban J connectivity index is 2.66. The second-order valence-corrected chi connectivity index (χ2v) is 4.47. The summed E-state index contributed by atoms with van der Waals surface area (Å²) in [5.41, 5.74) is -0.174. The third-order valence-electron chi connectivity index (χ3n) is 2.58. The quantitative estimate of drug-likeness (QED) is 0.483. The summed E-state index contributed by atoms with van der Waals surface area (Å²) in [6.45, 7) is 5.44. The molecule has 1 rings (SSSR count). The molecular formula is C10H16ClN5O2. The number of hydrogen-bond acceptors (Lipinski definition) is 6. The van der Waals surface area contributed by atoms with E-state index < -0.39 is 4.92 Å². The minimum absolute atomic E-state index is 0.0136. The molecular weight excluding hydrogens is 258 g/mol. The van der Waals surface area contributed by atoms with Crippen LogP contribution in [0.2, 0.25) is 5.28 Å². The van der Waals surface area contributed by atoms with Crippen molar-refractivity contribution in [2.75, 3.05) is 25.5 Å². The summed E-state index contributed by atoms with van der Waals surface area (Å²) in [6.07, 6.45) is 1.10. The molecule has 0 spiro atoms. The average Bonchev–Trinajstić information content (AvgIpc) is 2.28. The highest BCUT2D eigenvalue weighted by atomic mass is 35.5. The van der Waals surface area contributed by atoms with Crippen molar-refractivity contribution in [1.82, 2.24) is 14.9 Å².